The third kappa shape index (κ3) is 4.14. The molecular formula is C18H17F3N2O3S. The Morgan fingerprint density at radius 1 is 1.00 bits per heavy atom. The highest BCUT2D eigenvalue weighted by Crippen LogP contribution is 2.33. The minimum atomic E-state index is -4.55. The van der Waals surface area contributed by atoms with Crippen LogP contribution >= 0.6 is 0 Å². The van der Waals surface area contributed by atoms with Crippen molar-refractivity contribution in [3.63, 3.8) is 0 Å². The van der Waals surface area contributed by atoms with Crippen molar-refractivity contribution in [2.24, 2.45) is 0 Å². The molecule has 0 aliphatic carbocycles. The molecule has 0 spiro atoms. The van der Waals surface area contributed by atoms with Gasteiger partial charge in [-0.25, -0.2) is 8.42 Å². The lowest BCUT2D eigenvalue weighted by Gasteiger charge is -2.28. The lowest BCUT2D eigenvalue weighted by molar-refractivity contribution is -0.137. The molecule has 9 heteroatoms. The number of nitrogens with zero attached hydrogens (tertiary/aromatic N) is 1. The Morgan fingerprint density at radius 2 is 1.63 bits per heavy atom. The summed E-state index contributed by atoms with van der Waals surface area (Å²) in [5.74, 6) is -0.283. The van der Waals surface area contributed by atoms with E-state index in [0.29, 0.717) is 5.56 Å². The number of alkyl halides is 3. The Kier molecular flexibility index (Phi) is 5.25. The molecule has 1 atom stereocenters. The quantitative estimate of drug-likeness (QED) is 0.865. The number of amides is 1. The van der Waals surface area contributed by atoms with Gasteiger partial charge in [0, 0.05) is 19.5 Å². The normalized spacial score (nSPS) is 19.4. The molecule has 0 bridgehead atoms. The molecule has 1 aliphatic heterocycles. The number of halogens is 3. The van der Waals surface area contributed by atoms with Gasteiger partial charge < -0.3 is 5.32 Å². The Balaban J connectivity index is 2.00. The van der Waals surface area contributed by atoms with Crippen molar-refractivity contribution in [1.29, 1.82) is 0 Å². The van der Waals surface area contributed by atoms with Crippen molar-refractivity contribution in [3.05, 3.63) is 65.7 Å². The lowest BCUT2D eigenvalue weighted by atomic mass is 10.0. The maximum Gasteiger partial charge on any atom is 0.416 e. The highest BCUT2D eigenvalue weighted by Gasteiger charge is 2.36. The van der Waals surface area contributed by atoms with Crippen LogP contribution in [0.15, 0.2) is 59.5 Å². The second-order valence-electron chi connectivity index (χ2n) is 6.12. The van der Waals surface area contributed by atoms with Crippen molar-refractivity contribution in [2.75, 3.05) is 13.1 Å². The number of carbonyl (C=O) groups excluding carboxylic acids is 1. The third-order valence-electron chi connectivity index (χ3n) is 4.35. The van der Waals surface area contributed by atoms with Crippen LogP contribution in [-0.4, -0.2) is 31.7 Å². The molecule has 27 heavy (non-hydrogen) atoms. The summed E-state index contributed by atoms with van der Waals surface area (Å²) in [6.07, 6.45) is -4.61. The van der Waals surface area contributed by atoms with E-state index in [1.165, 1.54) is 4.31 Å². The highest BCUT2D eigenvalue weighted by atomic mass is 32.2. The van der Waals surface area contributed by atoms with Crippen LogP contribution in [-0.2, 0) is 21.0 Å². The van der Waals surface area contributed by atoms with Crippen molar-refractivity contribution in [2.45, 2.75) is 23.5 Å². The molecule has 144 valence electrons. The second kappa shape index (κ2) is 7.32. The number of benzene rings is 2. The molecule has 0 unspecified atom stereocenters. The maximum absolute atomic E-state index is 13.1. The molecule has 1 fully saturated rings. The van der Waals surface area contributed by atoms with E-state index >= 15 is 0 Å². The summed E-state index contributed by atoms with van der Waals surface area (Å²) in [5, 5.41) is 2.63. The minimum absolute atomic E-state index is 0.0225. The average Bonchev–Trinajstić information content (AvgIpc) is 2.84. The molecular weight excluding hydrogens is 381 g/mol. The van der Waals surface area contributed by atoms with Gasteiger partial charge in [0.2, 0.25) is 15.9 Å². The number of hydrogen-bond donors (Lipinski definition) is 1. The fourth-order valence-corrected chi connectivity index (χ4v) is 4.62. The van der Waals surface area contributed by atoms with E-state index in [-0.39, 0.29) is 30.3 Å². The van der Waals surface area contributed by atoms with Gasteiger partial charge in [0.1, 0.15) is 0 Å². The van der Waals surface area contributed by atoms with Crippen molar-refractivity contribution in [1.82, 2.24) is 9.62 Å². The standard InChI is InChI=1S/C18H17F3N2O3S/c19-18(20,21)14-6-8-15(9-7-14)27(25,26)23-11-10-22-17(24)12-16(23)13-4-2-1-3-5-13/h1-9,16H,10-12H2,(H,22,24)/t16-/m1/s1. The van der Waals surface area contributed by atoms with Crippen LogP contribution in [0.1, 0.15) is 23.6 Å². The smallest absolute Gasteiger partial charge is 0.355 e. The second-order valence-corrected chi connectivity index (χ2v) is 8.01. The first kappa shape index (κ1) is 19.4. The SMILES string of the molecule is O=C1C[C@H](c2ccccc2)N(S(=O)(=O)c2ccc(C(F)(F)F)cc2)CCN1. The van der Waals surface area contributed by atoms with Gasteiger partial charge in [-0.1, -0.05) is 30.3 Å². The van der Waals surface area contributed by atoms with Crippen molar-refractivity contribution >= 4 is 15.9 Å². The maximum atomic E-state index is 13.1. The Bertz CT molecular complexity index is 913. The van der Waals surface area contributed by atoms with Gasteiger partial charge in [-0.2, -0.15) is 17.5 Å². The molecule has 2 aromatic rings. The first-order chi connectivity index (χ1) is 12.7. The van der Waals surface area contributed by atoms with Crippen LogP contribution in [0.2, 0.25) is 0 Å². The number of hydrogen-bond acceptors (Lipinski definition) is 3. The average molecular weight is 398 g/mol. The van der Waals surface area contributed by atoms with Crippen LogP contribution in [0.25, 0.3) is 0 Å². The molecule has 1 N–H and O–H groups in total. The Morgan fingerprint density at radius 3 is 2.22 bits per heavy atom. The Hall–Kier alpha value is -2.39. The van der Waals surface area contributed by atoms with Gasteiger partial charge in [-0.05, 0) is 29.8 Å². The van der Waals surface area contributed by atoms with Crippen LogP contribution in [0, 0.1) is 0 Å². The predicted molar refractivity (Wildman–Crippen MR) is 92.1 cm³/mol. The van der Waals surface area contributed by atoms with Crippen LogP contribution in [0.5, 0.6) is 0 Å². The fourth-order valence-electron chi connectivity index (χ4n) is 3.01. The summed E-state index contributed by atoms with van der Waals surface area (Å²) in [4.78, 5) is 11.7. The van der Waals surface area contributed by atoms with E-state index in [2.05, 4.69) is 5.32 Å². The summed E-state index contributed by atoms with van der Waals surface area (Å²) in [6.45, 7) is 0.149. The first-order valence-electron chi connectivity index (χ1n) is 8.20. The monoisotopic (exact) mass is 398 g/mol. The zero-order chi connectivity index (χ0) is 19.7. The zero-order valence-electron chi connectivity index (χ0n) is 14.1. The summed E-state index contributed by atoms with van der Waals surface area (Å²) in [5.41, 5.74) is -0.279. The lowest BCUT2D eigenvalue weighted by Crippen LogP contribution is -2.36. The van der Waals surface area contributed by atoms with Gasteiger partial charge in [0.25, 0.3) is 0 Å². The molecule has 0 aromatic heterocycles. The molecule has 1 amide bonds. The Labute approximate surface area is 154 Å². The van der Waals surface area contributed by atoms with Crippen LogP contribution < -0.4 is 5.32 Å². The van der Waals surface area contributed by atoms with Gasteiger partial charge in [0.15, 0.2) is 0 Å². The van der Waals surface area contributed by atoms with Crippen molar-refractivity contribution in [3.8, 4) is 0 Å². The minimum Gasteiger partial charge on any atom is -0.355 e. The molecule has 1 aliphatic rings. The molecule has 3 rings (SSSR count). The fraction of sp³-hybridized carbons (Fsp3) is 0.278. The summed E-state index contributed by atoms with van der Waals surface area (Å²) < 4.78 is 65.6. The van der Waals surface area contributed by atoms with Gasteiger partial charge >= 0.3 is 6.18 Å². The van der Waals surface area contributed by atoms with E-state index in [9.17, 15) is 26.4 Å². The summed E-state index contributed by atoms with van der Waals surface area (Å²) >= 11 is 0. The topological polar surface area (TPSA) is 66.5 Å². The van der Waals surface area contributed by atoms with Gasteiger partial charge in [0.05, 0.1) is 16.5 Å². The van der Waals surface area contributed by atoms with Gasteiger partial charge in [-0.15, -0.1) is 0 Å². The van der Waals surface area contributed by atoms with Crippen LogP contribution in [0.3, 0.4) is 0 Å². The predicted octanol–water partition coefficient (Wildman–Crippen LogP) is 2.96. The molecule has 1 heterocycles. The summed E-state index contributed by atoms with van der Waals surface area (Å²) in [6, 6.07) is 11.3. The summed E-state index contributed by atoms with van der Waals surface area (Å²) in [7, 11) is -4.09. The number of nitrogens with one attached hydrogen (secondary N) is 1. The molecule has 1 saturated heterocycles. The number of sulfonamides is 1. The first-order valence-corrected chi connectivity index (χ1v) is 9.64. The van der Waals surface area contributed by atoms with E-state index in [1.54, 1.807) is 30.3 Å². The van der Waals surface area contributed by atoms with E-state index in [1.807, 2.05) is 0 Å². The van der Waals surface area contributed by atoms with Crippen molar-refractivity contribution < 1.29 is 26.4 Å². The van der Waals surface area contributed by atoms with Crippen LogP contribution in [0.4, 0.5) is 13.2 Å². The molecule has 0 saturated carbocycles. The molecule has 5 nitrogen and oxygen atoms in total. The highest BCUT2D eigenvalue weighted by molar-refractivity contribution is 7.89. The van der Waals surface area contributed by atoms with E-state index < -0.39 is 27.8 Å². The number of rotatable bonds is 3. The molecule has 0 radical (unpaired) electrons. The van der Waals surface area contributed by atoms with E-state index in [0.717, 1.165) is 24.3 Å². The largest absolute Gasteiger partial charge is 0.416 e. The third-order valence-corrected chi connectivity index (χ3v) is 6.28. The van der Waals surface area contributed by atoms with Gasteiger partial charge in [-0.3, -0.25) is 4.79 Å². The number of carbonyl (C=O) groups is 1. The zero-order valence-corrected chi connectivity index (χ0v) is 14.9. The molecule has 2 aromatic carbocycles. The van der Waals surface area contributed by atoms with E-state index in [4.69, 9.17) is 0 Å².